The lowest BCUT2D eigenvalue weighted by Crippen LogP contribution is -2.32. The fraction of sp³-hybridized carbons (Fsp3) is 0.294. The van der Waals surface area contributed by atoms with Crippen LogP contribution in [0, 0.1) is 0 Å². The van der Waals surface area contributed by atoms with Crippen LogP contribution in [-0.2, 0) is 0 Å². The molecular formula is C17H19NO2. The van der Waals surface area contributed by atoms with Crippen molar-refractivity contribution in [2.24, 2.45) is 0 Å². The number of para-hydroxylation sites is 1. The van der Waals surface area contributed by atoms with E-state index in [9.17, 15) is 5.11 Å². The van der Waals surface area contributed by atoms with Gasteiger partial charge < -0.3 is 15.2 Å². The van der Waals surface area contributed by atoms with E-state index in [0.29, 0.717) is 0 Å². The maximum atomic E-state index is 10.5. The van der Waals surface area contributed by atoms with Gasteiger partial charge in [-0.25, -0.2) is 0 Å². The van der Waals surface area contributed by atoms with Crippen LogP contribution in [0.4, 0.5) is 0 Å². The molecule has 2 N–H and O–H groups in total. The first kappa shape index (κ1) is 13.2. The lowest BCUT2D eigenvalue weighted by atomic mass is 9.96. The van der Waals surface area contributed by atoms with Gasteiger partial charge in [-0.1, -0.05) is 48.5 Å². The Morgan fingerprint density at radius 2 is 1.75 bits per heavy atom. The molecule has 0 radical (unpaired) electrons. The molecule has 104 valence electrons. The second-order valence-corrected chi connectivity index (χ2v) is 5.13. The van der Waals surface area contributed by atoms with Crippen LogP contribution < -0.4 is 10.1 Å². The molecule has 0 aliphatic carbocycles. The van der Waals surface area contributed by atoms with Crippen LogP contribution in [0.25, 0.3) is 0 Å². The predicted molar refractivity (Wildman–Crippen MR) is 78.7 cm³/mol. The molecule has 3 heteroatoms. The van der Waals surface area contributed by atoms with E-state index in [1.54, 1.807) is 0 Å². The molecule has 20 heavy (non-hydrogen) atoms. The van der Waals surface area contributed by atoms with Crippen molar-refractivity contribution in [1.29, 1.82) is 0 Å². The molecule has 1 heterocycles. The first-order valence-electron chi connectivity index (χ1n) is 6.95. The number of hydrogen-bond donors (Lipinski definition) is 2. The minimum absolute atomic E-state index is 0.0242. The van der Waals surface area contributed by atoms with Gasteiger partial charge in [0.2, 0.25) is 0 Å². The van der Waals surface area contributed by atoms with E-state index in [-0.39, 0.29) is 12.1 Å². The average molecular weight is 269 g/mol. The molecule has 0 saturated carbocycles. The van der Waals surface area contributed by atoms with E-state index in [1.165, 1.54) is 0 Å². The molecule has 2 aromatic rings. The Bertz CT molecular complexity index is 570. The molecule has 0 bridgehead atoms. The lowest BCUT2D eigenvalue weighted by molar-refractivity contribution is 0.116. The van der Waals surface area contributed by atoms with Crippen LogP contribution >= 0.6 is 0 Å². The SMILES string of the molecule is CNC1CC(c2ccccc2)Oc2ccccc2C1O. The fourth-order valence-electron chi connectivity index (χ4n) is 2.76. The minimum atomic E-state index is -0.551. The molecular weight excluding hydrogens is 250 g/mol. The fourth-order valence-corrected chi connectivity index (χ4v) is 2.76. The molecule has 1 aliphatic heterocycles. The summed E-state index contributed by atoms with van der Waals surface area (Å²) in [5.74, 6) is 0.770. The molecule has 3 unspecified atom stereocenters. The van der Waals surface area contributed by atoms with Gasteiger partial charge in [0.1, 0.15) is 11.9 Å². The van der Waals surface area contributed by atoms with Gasteiger partial charge >= 0.3 is 0 Å². The standard InChI is InChI=1S/C17H19NO2/c1-18-14-11-16(12-7-3-2-4-8-12)20-15-10-6-5-9-13(15)17(14)19/h2-10,14,16-19H,11H2,1H3. The summed E-state index contributed by atoms with van der Waals surface area (Å²) in [6, 6.07) is 17.9. The molecule has 0 spiro atoms. The van der Waals surface area contributed by atoms with Crippen molar-refractivity contribution < 1.29 is 9.84 Å². The van der Waals surface area contributed by atoms with Crippen LogP contribution in [0.3, 0.4) is 0 Å². The average Bonchev–Trinajstić information content (AvgIpc) is 2.65. The highest BCUT2D eigenvalue weighted by atomic mass is 16.5. The molecule has 0 amide bonds. The first-order chi connectivity index (χ1) is 9.79. The second kappa shape index (κ2) is 5.65. The molecule has 3 atom stereocenters. The van der Waals surface area contributed by atoms with Gasteiger partial charge in [-0.05, 0) is 18.7 Å². The number of fused-ring (bicyclic) bond motifs is 1. The number of hydrogen-bond acceptors (Lipinski definition) is 3. The number of nitrogens with one attached hydrogen (secondary N) is 1. The number of aliphatic hydroxyl groups excluding tert-OH is 1. The lowest BCUT2D eigenvalue weighted by Gasteiger charge is -2.22. The number of ether oxygens (including phenoxy) is 1. The zero-order valence-electron chi connectivity index (χ0n) is 11.5. The highest BCUT2D eigenvalue weighted by molar-refractivity contribution is 5.38. The Kier molecular flexibility index (Phi) is 3.72. The molecule has 0 aromatic heterocycles. The summed E-state index contributed by atoms with van der Waals surface area (Å²) in [4.78, 5) is 0. The summed E-state index contributed by atoms with van der Waals surface area (Å²) in [6.45, 7) is 0. The summed E-state index contributed by atoms with van der Waals surface area (Å²) in [5.41, 5.74) is 1.99. The molecule has 3 rings (SSSR count). The Morgan fingerprint density at radius 3 is 2.50 bits per heavy atom. The van der Waals surface area contributed by atoms with E-state index >= 15 is 0 Å². The molecule has 0 fully saturated rings. The number of aliphatic hydroxyl groups is 1. The predicted octanol–water partition coefficient (Wildman–Crippen LogP) is 2.83. The van der Waals surface area contributed by atoms with E-state index in [0.717, 1.165) is 23.3 Å². The van der Waals surface area contributed by atoms with Crippen molar-refractivity contribution in [1.82, 2.24) is 5.32 Å². The van der Waals surface area contributed by atoms with E-state index < -0.39 is 6.10 Å². The van der Waals surface area contributed by atoms with Gasteiger partial charge in [0.05, 0.1) is 6.10 Å². The smallest absolute Gasteiger partial charge is 0.126 e. The van der Waals surface area contributed by atoms with E-state index in [2.05, 4.69) is 17.4 Å². The quantitative estimate of drug-likeness (QED) is 0.881. The molecule has 3 nitrogen and oxygen atoms in total. The van der Waals surface area contributed by atoms with Crippen LogP contribution in [0.1, 0.15) is 29.8 Å². The summed E-state index contributed by atoms with van der Waals surface area (Å²) < 4.78 is 6.15. The second-order valence-electron chi connectivity index (χ2n) is 5.13. The maximum absolute atomic E-state index is 10.5. The van der Waals surface area contributed by atoms with Gasteiger partial charge in [0.25, 0.3) is 0 Å². The summed E-state index contributed by atoms with van der Waals surface area (Å²) in [5, 5.41) is 13.7. The number of rotatable bonds is 2. The van der Waals surface area contributed by atoms with Crippen molar-refractivity contribution >= 4 is 0 Å². The number of benzene rings is 2. The Hall–Kier alpha value is -1.84. The largest absolute Gasteiger partial charge is 0.485 e. The van der Waals surface area contributed by atoms with Gasteiger partial charge in [0, 0.05) is 18.0 Å². The molecule has 2 aromatic carbocycles. The third-order valence-electron chi connectivity index (χ3n) is 3.90. The highest BCUT2D eigenvalue weighted by Gasteiger charge is 2.31. The topological polar surface area (TPSA) is 41.5 Å². The monoisotopic (exact) mass is 269 g/mol. The van der Waals surface area contributed by atoms with Crippen molar-refractivity contribution in [2.45, 2.75) is 24.7 Å². The van der Waals surface area contributed by atoms with Crippen LogP contribution in [0.2, 0.25) is 0 Å². The Morgan fingerprint density at radius 1 is 1.05 bits per heavy atom. The minimum Gasteiger partial charge on any atom is -0.485 e. The van der Waals surface area contributed by atoms with Crippen LogP contribution in [0.5, 0.6) is 5.75 Å². The van der Waals surface area contributed by atoms with Crippen molar-refractivity contribution in [3.63, 3.8) is 0 Å². The Labute approximate surface area is 119 Å². The van der Waals surface area contributed by atoms with E-state index in [1.807, 2.05) is 49.5 Å². The van der Waals surface area contributed by atoms with Gasteiger partial charge in [0.15, 0.2) is 0 Å². The van der Waals surface area contributed by atoms with Gasteiger partial charge in [-0.3, -0.25) is 0 Å². The summed E-state index contributed by atoms with van der Waals surface area (Å²) in [7, 11) is 1.88. The zero-order valence-corrected chi connectivity index (χ0v) is 11.5. The molecule has 0 saturated heterocycles. The van der Waals surface area contributed by atoms with Crippen molar-refractivity contribution in [3.05, 3.63) is 65.7 Å². The van der Waals surface area contributed by atoms with Crippen LogP contribution in [0.15, 0.2) is 54.6 Å². The molecule has 1 aliphatic rings. The normalized spacial score (nSPS) is 25.4. The summed E-state index contributed by atoms with van der Waals surface area (Å²) in [6.07, 6.45) is 0.132. The number of likely N-dealkylation sites (N-methyl/N-ethyl adjacent to an activating group) is 1. The maximum Gasteiger partial charge on any atom is 0.126 e. The van der Waals surface area contributed by atoms with Crippen LogP contribution in [-0.4, -0.2) is 18.2 Å². The van der Waals surface area contributed by atoms with E-state index in [4.69, 9.17) is 4.74 Å². The summed E-state index contributed by atoms with van der Waals surface area (Å²) >= 11 is 0. The third kappa shape index (κ3) is 2.42. The van der Waals surface area contributed by atoms with Crippen molar-refractivity contribution in [2.75, 3.05) is 7.05 Å². The van der Waals surface area contributed by atoms with Gasteiger partial charge in [-0.15, -0.1) is 0 Å². The Balaban J connectivity index is 2.00. The highest BCUT2D eigenvalue weighted by Crippen LogP contribution is 2.38. The zero-order chi connectivity index (χ0) is 13.9. The van der Waals surface area contributed by atoms with Crippen molar-refractivity contribution in [3.8, 4) is 5.75 Å². The third-order valence-corrected chi connectivity index (χ3v) is 3.90. The first-order valence-corrected chi connectivity index (χ1v) is 6.95. The van der Waals surface area contributed by atoms with Gasteiger partial charge in [-0.2, -0.15) is 0 Å².